The van der Waals surface area contributed by atoms with E-state index in [1.165, 1.54) is 0 Å². The Labute approximate surface area is 88.7 Å². The Morgan fingerprint density at radius 2 is 0.571 bits per heavy atom. The second-order valence-corrected chi connectivity index (χ2v) is 0.204. The molecule has 0 atom stereocenters. The van der Waals surface area contributed by atoms with Gasteiger partial charge >= 0.3 is 0 Å². The first kappa shape index (κ1) is 38.6. The van der Waals surface area contributed by atoms with Crippen molar-refractivity contribution >= 4 is 12.2 Å². The van der Waals surface area contributed by atoms with Crippen LogP contribution in [0.1, 0.15) is 55.4 Å². The molecule has 0 spiro atoms. The van der Waals surface area contributed by atoms with Crippen molar-refractivity contribution in [2.75, 3.05) is 0 Å². The fourth-order valence-corrected chi connectivity index (χ4v) is 0. The fourth-order valence-electron chi connectivity index (χ4n) is 0. The van der Waals surface area contributed by atoms with Crippen LogP contribution in [0.25, 0.3) is 0 Å². The van der Waals surface area contributed by atoms with Crippen LogP contribution in [0.3, 0.4) is 0 Å². The van der Waals surface area contributed by atoms with E-state index in [1.807, 2.05) is 55.4 Å². The predicted octanol–water partition coefficient (Wildman–Crippen LogP) is 3.91. The summed E-state index contributed by atoms with van der Waals surface area (Å²) in [5.74, 6) is 0. The van der Waals surface area contributed by atoms with E-state index >= 15 is 0 Å². The van der Waals surface area contributed by atoms with Crippen LogP contribution in [-0.4, -0.2) is 12.2 Å². The molecule has 2 N–H and O–H groups in total. The molecule has 0 bridgehead atoms. The smallest absolute Gasteiger partial charge is 0.222 e. The van der Waals surface area contributed by atoms with Gasteiger partial charge in [-0.2, -0.15) is 0 Å². The summed E-state index contributed by atoms with van der Waals surface area (Å²) >= 11 is 0. The van der Waals surface area contributed by atoms with Crippen molar-refractivity contribution in [3.63, 3.8) is 0 Å². The summed E-state index contributed by atoms with van der Waals surface area (Å²) in [7, 11) is 0. The van der Waals surface area contributed by atoms with Gasteiger partial charge in [0.15, 0.2) is 0 Å². The summed E-state index contributed by atoms with van der Waals surface area (Å²) in [6.45, 7) is 16.0. The lowest BCUT2D eigenvalue weighted by Crippen LogP contribution is -1.16. The Balaban J connectivity index is -0.0000000139. The van der Waals surface area contributed by atoms with E-state index in [9.17, 15) is 0 Å². The van der Waals surface area contributed by atoms with Crippen LogP contribution in [0, 0.1) is 10.8 Å². The third-order valence-corrected chi connectivity index (χ3v) is 0. The van der Waals surface area contributed by atoms with E-state index in [2.05, 4.69) is 0 Å². The Morgan fingerprint density at radius 1 is 0.571 bits per heavy atom. The highest BCUT2D eigenvalue weighted by Crippen LogP contribution is 1.15. The van der Waals surface area contributed by atoms with E-state index in [4.69, 9.17) is 20.4 Å². The van der Waals surface area contributed by atoms with E-state index in [-0.39, 0.29) is 0 Å². The number of hydrogen-bond donors (Lipinski definition) is 2. The van der Waals surface area contributed by atoms with E-state index in [0.717, 1.165) is 12.2 Å². The molecule has 0 rings (SSSR count). The van der Waals surface area contributed by atoms with Gasteiger partial charge in [0.25, 0.3) is 0 Å². The Kier molecular flexibility index (Phi) is 6500. The van der Waals surface area contributed by atoms with Crippen LogP contribution >= 0.6 is 0 Å². The number of hydrogen-bond acceptors (Lipinski definition) is 4. The molecule has 0 aromatic carbocycles. The molecule has 88 valence electrons. The zero-order chi connectivity index (χ0) is 13.4. The van der Waals surface area contributed by atoms with Crippen LogP contribution in [0.4, 0.5) is 0 Å². The molecular formula is C10H26N2O2. The maximum absolute atomic E-state index is 8.35. The lowest BCUT2D eigenvalue weighted by molar-refractivity contribution is 0.562. The molecule has 0 saturated heterocycles. The summed E-state index contributed by atoms with van der Waals surface area (Å²) in [5.41, 5.74) is 0. The first-order valence-corrected chi connectivity index (χ1v) is 4.91. The summed E-state index contributed by atoms with van der Waals surface area (Å²) in [6.07, 6.45) is 1.50. The summed E-state index contributed by atoms with van der Waals surface area (Å²) in [5, 5.41) is 10.8. The van der Waals surface area contributed by atoms with Gasteiger partial charge < -0.3 is 0 Å². The summed E-state index contributed by atoms with van der Waals surface area (Å²) in [4.78, 5) is 16.7. The molecule has 0 aromatic rings. The van der Waals surface area contributed by atoms with E-state index < -0.39 is 0 Å². The van der Waals surface area contributed by atoms with Crippen molar-refractivity contribution in [2.24, 2.45) is 0 Å². The number of carbonyl (C=O) groups excluding carboxylic acids is 2. The molecular weight excluding hydrogens is 180 g/mol. The van der Waals surface area contributed by atoms with Crippen LogP contribution in [0.5, 0.6) is 0 Å². The highest BCUT2D eigenvalue weighted by atomic mass is 16.1. The minimum atomic E-state index is 0.750. The minimum Gasteiger partial charge on any atom is -0.222 e. The van der Waals surface area contributed by atoms with Crippen molar-refractivity contribution in [1.82, 2.24) is 0 Å². The second-order valence-electron chi connectivity index (χ2n) is 0.204. The van der Waals surface area contributed by atoms with Gasteiger partial charge in [-0.1, -0.05) is 55.4 Å². The second kappa shape index (κ2) is 2360. The molecule has 0 fully saturated rings. The molecule has 0 heterocycles. The maximum Gasteiger partial charge on any atom is 0.231 e. The number of nitrogens with one attached hydrogen (secondary N) is 2. The van der Waals surface area contributed by atoms with Crippen molar-refractivity contribution in [3.8, 4) is 0 Å². The molecule has 0 saturated carbocycles. The molecule has 4 heteroatoms. The molecule has 0 radical (unpaired) electrons. The van der Waals surface area contributed by atoms with Crippen LogP contribution in [0.15, 0.2) is 0 Å². The molecule has 0 amide bonds. The normalized spacial score (nSPS) is 2.86. The molecule has 0 aliphatic heterocycles. The Bertz CT molecular complexity index is 70.1. The zero-order valence-electron chi connectivity index (χ0n) is 10.8. The monoisotopic (exact) mass is 206 g/mol. The molecule has 0 aliphatic rings. The van der Waals surface area contributed by atoms with Crippen molar-refractivity contribution < 1.29 is 9.59 Å². The fraction of sp³-hybridized carbons (Fsp3) is 0.800. The first-order chi connectivity index (χ1) is 6.83. The van der Waals surface area contributed by atoms with Crippen LogP contribution in [-0.2, 0) is 9.59 Å². The quantitative estimate of drug-likeness (QED) is 0.465. The average Bonchev–Trinajstić information content (AvgIpc) is 2.31. The van der Waals surface area contributed by atoms with Crippen molar-refractivity contribution in [3.05, 3.63) is 0 Å². The third kappa shape index (κ3) is 667. The van der Waals surface area contributed by atoms with Gasteiger partial charge in [0.1, 0.15) is 0 Å². The van der Waals surface area contributed by atoms with Gasteiger partial charge in [0.2, 0.25) is 12.2 Å². The number of isocyanates is 2. The Morgan fingerprint density at radius 3 is 0.571 bits per heavy atom. The maximum atomic E-state index is 8.35. The van der Waals surface area contributed by atoms with Gasteiger partial charge in [-0.15, -0.1) is 0 Å². The largest absolute Gasteiger partial charge is 0.231 e. The highest BCUT2D eigenvalue weighted by molar-refractivity contribution is 5.26. The van der Waals surface area contributed by atoms with Crippen molar-refractivity contribution in [2.45, 2.75) is 55.4 Å². The molecule has 0 unspecified atom stereocenters. The van der Waals surface area contributed by atoms with E-state index in [0.29, 0.717) is 0 Å². The van der Waals surface area contributed by atoms with Gasteiger partial charge in [-0.25, -0.2) is 20.4 Å². The van der Waals surface area contributed by atoms with Gasteiger partial charge in [-0.05, 0) is 0 Å². The molecule has 14 heavy (non-hydrogen) atoms. The SMILES string of the molecule is CC.CC.CC.CC.N=C=O.N=C=O. The average molecular weight is 206 g/mol. The van der Waals surface area contributed by atoms with Crippen LogP contribution < -0.4 is 0 Å². The van der Waals surface area contributed by atoms with Crippen LogP contribution in [0.2, 0.25) is 0 Å². The minimum absolute atomic E-state index is 0.750. The third-order valence-electron chi connectivity index (χ3n) is 0. The standard InChI is InChI=1S/4C2H6.2CHNO/c4*1-2;2*2-1-3/h4*1-2H3;2*2H. The highest BCUT2D eigenvalue weighted by Gasteiger charge is 1.04. The van der Waals surface area contributed by atoms with Gasteiger partial charge in [0.05, 0.1) is 0 Å². The lowest BCUT2D eigenvalue weighted by Gasteiger charge is -1.07. The lowest BCUT2D eigenvalue weighted by atomic mass is 11.0. The molecule has 0 aromatic heterocycles. The van der Waals surface area contributed by atoms with Gasteiger partial charge in [-0.3, -0.25) is 0 Å². The molecule has 0 aliphatic carbocycles. The Hall–Kier alpha value is -1.24. The summed E-state index contributed by atoms with van der Waals surface area (Å²) in [6, 6.07) is 0. The zero-order valence-corrected chi connectivity index (χ0v) is 10.8. The molecule has 4 nitrogen and oxygen atoms in total. The predicted molar refractivity (Wildman–Crippen MR) is 62.2 cm³/mol. The topological polar surface area (TPSA) is 81.8 Å². The summed E-state index contributed by atoms with van der Waals surface area (Å²) < 4.78 is 0. The van der Waals surface area contributed by atoms with Gasteiger partial charge in [0, 0.05) is 0 Å². The van der Waals surface area contributed by atoms with Crippen molar-refractivity contribution in [1.29, 1.82) is 10.8 Å². The van der Waals surface area contributed by atoms with E-state index in [1.54, 1.807) is 0 Å². The number of rotatable bonds is 0. The first-order valence-electron chi connectivity index (χ1n) is 4.91.